The van der Waals surface area contributed by atoms with Gasteiger partial charge in [-0.1, -0.05) is 6.92 Å². The van der Waals surface area contributed by atoms with Crippen LogP contribution < -0.4 is 5.32 Å². The van der Waals surface area contributed by atoms with Gasteiger partial charge in [-0.3, -0.25) is 14.0 Å². The number of amides is 1. The van der Waals surface area contributed by atoms with Gasteiger partial charge in [0, 0.05) is 13.1 Å². The molecule has 0 bridgehead atoms. The van der Waals surface area contributed by atoms with Gasteiger partial charge in [-0.2, -0.15) is 5.10 Å². The molecule has 1 aliphatic carbocycles. The smallest absolute Gasteiger partial charge is 0.243 e. The van der Waals surface area contributed by atoms with Crippen LogP contribution in [0.25, 0.3) is 11.2 Å². The lowest BCUT2D eigenvalue weighted by molar-refractivity contribution is -0.123. The van der Waals surface area contributed by atoms with Crippen LogP contribution in [0.3, 0.4) is 0 Å². The van der Waals surface area contributed by atoms with Crippen LogP contribution in [0.2, 0.25) is 0 Å². The minimum absolute atomic E-state index is 0.0174. The summed E-state index contributed by atoms with van der Waals surface area (Å²) in [5, 5.41) is 7.50. The zero-order valence-corrected chi connectivity index (χ0v) is 12.8. The number of aromatic amines is 1. The van der Waals surface area contributed by atoms with Crippen LogP contribution in [0.5, 0.6) is 0 Å². The van der Waals surface area contributed by atoms with E-state index in [1.165, 1.54) is 0 Å². The average molecular weight is 293 g/mol. The molecule has 0 aliphatic heterocycles. The molecule has 1 fully saturated rings. The van der Waals surface area contributed by atoms with Crippen molar-refractivity contribution in [3.8, 4) is 0 Å². The van der Waals surface area contributed by atoms with Crippen molar-refractivity contribution in [2.75, 3.05) is 0 Å². The number of hydrogen-bond donors (Lipinski definition) is 2. The van der Waals surface area contributed by atoms with Gasteiger partial charge in [0.05, 0.1) is 5.69 Å². The number of fused-ring (bicyclic) bond motifs is 1. The number of aryl methyl sites for hydroxylation is 2. The summed E-state index contributed by atoms with van der Waals surface area (Å²) in [5.41, 5.74) is 2.79. The Morgan fingerprint density at radius 1 is 1.60 bits per heavy atom. The maximum absolute atomic E-state index is 12.3. The third-order valence-electron chi connectivity index (χ3n) is 3.79. The SMILES string of the molecule is CCc1nn(C)c2c1[nH]c(=S)n2C(C)C(=O)NC1CC1. The Balaban J connectivity index is 2.05. The highest BCUT2D eigenvalue weighted by molar-refractivity contribution is 7.71. The molecule has 2 N–H and O–H groups in total. The summed E-state index contributed by atoms with van der Waals surface area (Å²) in [4.78, 5) is 15.4. The van der Waals surface area contributed by atoms with E-state index in [0.717, 1.165) is 36.1 Å². The van der Waals surface area contributed by atoms with Crippen molar-refractivity contribution < 1.29 is 4.79 Å². The minimum Gasteiger partial charge on any atom is -0.352 e. The number of carbonyl (C=O) groups excluding carboxylic acids is 1. The molecule has 1 atom stereocenters. The highest BCUT2D eigenvalue weighted by Crippen LogP contribution is 2.24. The number of rotatable bonds is 4. The largest absolute Gasteiger partial charge is 0.352 e. The molecule has 20 heavy (non-hydrogen) atoms. The van der Waals surface area contributed by atoms with E-state index in [2.05, 4.69) is 22.3 Å². The van der Waals surface area contributed by atoms with Crippen LogP contribution in [0.1, 0.15) is 38.4 Å². The normalized spacial score (nSPS) is 16.6. The number of nitrogens with zero attached hydrogens (tertiary/aromatic N) is 3. The fourth-order valence-electron chi connectivity index (χ4n) is 2.51. The monoisotopic (exact) mass is 293 g/mol. The third-order valence-corrected chi connectivity index (χ3v) is 4.09. The Labute approximate surface area is 122 Å². The molecule has 0 spiro atoms. The van der Waals surface area contributed by atoms with Crippen LogP contribution in [0, 0.1) is 4.77 Å². The van der Waals surface area contributed by atoms with Gasteiger partial charge >= 0.3 is 0 Å². The molecule has 1 aliphatic rings. The van der Waals surface area contributed by atoms with Gasteiger partial charge in [-0.25, -0.2) is 0 Å². The maximum atomic E-state index is 12.3. The standard InChI is InChI=1S/C13H19N5OS/c1-4-9-10-12(17(3)16-9)18(13(20)15-10)7(2)11(19)14-8-5-6-8/h7-8H,4-6H2,1-3H3,(H,14,19)(H,15,20). The number of hydrogen-bond acceptors (Lipinski definition) is 3. The second-order valence-corrected chi connectivity index (χ2v) is 5.77. The van der Waals surface area contributed by atoms with Crippen molar-refractivity contribution >= 4 is 29.3 Å². The van der Waals surface area contributed by atoms with Crippen LogP contribution in [-0.2, 0) is 18.3 Å². The summed E-state index contributed by atoms with van der Waals surface area (Å²) in [6, 6.07) is 0.0169. The number of H-pyrrole nitrogens is 1. The average Bonchev–Trinajstić information content (AvgIpc) is 3.08. The van der Waals surface area contributed by atoms with Crippen molar-refractivity contribution in [1.82, 2.24) is 24.6 Å². The van der Waals surface area contributed by atoms with Crippen LogP contribution >= 0.6 is 12.2 Å². The first kappa shape index (κ1) is 13.4. The van der Waals surface area contributed by atoms with Gasteiger partial charge in [-0.15, -0.1) is 0 Å². The molecule has 108 valence electrons. The zero-order valence-electron chi connectivity index (χ0n) is 11.9. The van der Waals surface area contributed by atoms with Crippen molar-refractivity contribution in [2.24, 2.45) is 7.05 Å². The predicted octanol–water partition coefficient (Wildman–Crippen LogP) is 1.83. The summed E-state index contributed by atoms with van der Waals surface area (Å²) in [7, 11) is 1.88. The Bertz CT molecular complexity index is 721. The molecule has 2 heterocycles. The summed E-state index contributed by atoms with van der Waals surface area (Å²) < 4.78 is 4.22. The van der Waals surface area contributed by atoms with E-state index in [1.807, 2.05) is 18.5 Å². The summed E-state index contributed by atoms with van der Waals surface area (Å²) in [6.45, 7) is 3.93. The van der Waals surface area contributed by atoms with E-state index < -0.39 is 0 Å². The lowest BCUT2D eigenvalue weighted by Gasteiger charge is -2.14. The third kappa shape index (κ3) is 2.06. The fraction of sp³-hybridized carbons (Fsp3) is 0.615. The predicted molar refractivity (Wildman–Crippen MR) is 79.1 cm³/mol. The van der Waals surface area contributed by atoms with Crippen LogP contribution in [-0.4, -0.2) is 31.3 Å². The van der Waals surface area contributed by atoms with Crippen molar-refractivity contribution in [1.29, 1.82) is 0 Å². The first-order valence-corrected chi connectivity index (χ1v) is 7.40. The lowest BCUT2D eigenvalue weighted by Crippen LogP contribution is -2.32. The topological polar surface area (TPSA) is 67.6 Å². The van der Waals surface area contributed by atoms with Gasteiger partial charge in [0.15, 0.2) is 10.4 Å². The van der Waals surface area contributed by atoms with E-state index in [4.69, 9.17) is 12.2 Å². The first-order chi connectivity index (χ1) is 9.52. The fourth-order valence-corrected chi connectivity index (χ4v) is 2.86. The Kier molecular flexibility index (Phi) is 3.16. The van der Waals surface area contributed by atoms with Gasteiger partial charge in [0.2, 0.25) is 5.91 Å². The highest BCUT2D eigenvalue weighted by atomic mass is 32.1. The molecular weight excluding hydrogens is 274 g/mol. The molecular formula is C13H19N5OS. The molecule has 7 heteroatoms. The second-order valence-electron chi connectivity index (χ2n) is 5.38. The molecule has 3 rings (SSSR count). The lowest BCUT2D eigenvalue weighted by atomic mass is 10.3. The molecule has 2 aromatic heterocycles. The zero-order chi connectivity index (χ0) is 14.4. The van der Waals surface area contributed by atoms with E-state index in [1.54, 1.807) is 4.68 Å². The van der Waals surface area contributed by atoms with E-state index in [9.17, 15) is 4.79 Å². The van der Waals surface area contributed by atoms with Gasteiger partial charge < -0.3 is 10.3 Å². The maximum Gasteiger partial charge on any atom is 0.243 e. The Morgan fingerprint density at radius 2 is 2.30 bits per heavy atom. The molecule has 0 radical (unpaired) electrons. The molecule has 6 nitrogen and oxygen atoms in total. The quantitative estimate of drug-likeness (QED) is 0.845. The molecule has 1 amide bonds. The van der Waals surface area contributed by atoms with Crippen molar-refractivity contribution in [2.45, 2.75) is 45.2 Å². The van der Waals surface area contributed by atoms with Crippen molar-refractivity contribution in [3.05, 3.63) is 10.5 Å². The van der Waals surface area contributed by atoms with Gasteiger partial charge in [0.25, 0.3) is 0 Å². The first-order valence-electron chi connectivity index (χ1n) is 6.99. The summed E-state index contributed by atoms with van der Waals surface area (Å²) in [6.07, 6.45) is 2.99. The molecule has 1 unspecified atom stereocenters. The number of imidazole rings is 1. The molecule has 1 saturated carbocycles. The minimum atomic E-state index is -0.336. The molecule has 2 aromatic rings. The number of nitrogens with one attached hydrogen (secondary N) is 2. The van der Waals surface area contributed by atoms with Crippen LogP contribution in [0.15, 0.2) is 0 Å². The highest BCUT2D eigenvalue weighted by Gasteiger charge is 2.28. The van der Waals surface area contributed by atoms with E-state index in [-0.39, 0.29) is 11.9 Å². The van der Waals surface area contributed by atoms with Gasteiger partial charge in [-0.05, 0) is 38.4 Å². The summed E-state index contributed by atoms with van der Waals surface area (Å²) in [5.74, 6) is 0.0174. The molecule has 0 saturated heterocycles. The second kappa shape index (κ2) is 4.73. The van der Waals surface area contributed by atoms with E-state index in [0.29, 0.717) is 10.8 Å². The Morgan fingerprint density at radius 3 is 2.90 bits per heavy atom. The number of carbonyl (C=O) groups is 1. The number of aromatic nitrogens is 4. The van der Waals surface area contributed by atoms with Gasteiger partial charge in [0.1, 0.15) is 11.6 Å². The van der Waals surface area contributed by atoms with E-state index >= 15 is 0 Å². The summed E-state index contributed by atoms with van der Waals surface area (Å²) >= 11 is 5.38. The van der Waals surface area contributed by atoms with Crippen LogP contribution in [0.4, 0.5) is 0 Å². The van der Waals surface area contributed by atoms with Crippen molar-refractivity contribution in [3.63, 3.8) is 0 Å². The molecule has 0 aromatic carbocycles. The Hall–Kier alpha value is -1.63.